The number of ether oxygens (including phenoxy) is 1. The normalized spacial score (nSPS) is 19.3. The average molecular weight is 334 g/mol. The number of aromatic nitrogens is 2. The van der Waals surface area contributed by atoms with E-state index in [-0.39, 0.29) is 23.4 Å². The van der Waals surface area contributed by atoms with Crippen LogP contribution in [0, 0.1) is 5.92 Å². The molecule has 0 saturated heterocycles. The Hall–Kier alpha value is -2.34. The molecule has 23 heavy (non-hydrogen) atoms. The summed E-state index contributed by atoms with van der Waals surface area (Å²) in [6.07, 6.45) is 2.37. The van der Waals surface area contributed by atoms with E-state index in [1.165, 1.54) is 11.8 Å². The fourth-order valence-corrected chi connectivity index (χ4v) is 2.74. The Balaban J connectivity index is 1.69. The van der Waals surface area contributed by atoms with Gasteiger partial charge in [0.25, 0.3) is 0 Å². The zero-order valence-electron chi connectivity index (χ0n) is 12.7. The van der Waals surface area contributed by atoms with E-state index in [1.54, 1.807) is 13.2 Å². The molecule has 3 rings (SSSR count). The first-order chi connectivity index (χ1) is 11.0. The molecule has 2 unspecified atom stereocenters. The van der Waals surface area contributed by atoms with Crippen LogP contribution in [-0.4, -0.2) is 28.8 Å². The number of carbonyl (C=O) groups is 2. The standard InChI is InChI=1S/C16H16ClN3O3/c1-20-8-13(14(19-20)16(22)23-2)18-15(21)12-7-11(12)9-3-5-10(17)6-4-9/h3-6,8,11-12H,7H2,1-2H3,(H,18,21). The largest absolute Gasteiger partial charge is 0.464 e. The highest BCUT2D eigenvalue weighted by Gasteiger charge is 2.44. The number of methoxy groups -OCH3 is 1. The van der Waals surface area contributed by atoms with Crippen molar-refractivity contribution in [2.24, 2.45) is 13.0 Å². The smallest absolute Gasteiger partial charge is 0.360 e. The molecule has 0 radical (unpaired) electrons. The van der Waals surface area contributed by atoms with Crippen molar-refractivity contribution in [3.05, 3.63) is 46.7 Å². The van der Waals surface area contributed by atoms with E-state index in [2.05, 4.69) is 15.2 Å². The third kappa shape index (κ3) is 3.22. The van der Waals surface area contributed by atoms with Gasteiger partial charge in [-0.05, 0) is 30.0 Å². The van der Waals surface area contributed by atoms with Crippen LogP contribution in [0.15, 0.2) is 30.5 Å². The fourth-order valence-electron chi connectivity index (χ4n) is 2.62. The van der Waals surface area contributed by atoms with E-state index in [4.69, 9.17) is 11.6 Å². The van der Waals surface area contributed by atoms with Gasteiger partial charge in [-0.25, -0.2) is 4.79 Å². The van der Waals surface area contributed by atoms with Crippen molar-refractivity contribution < 1.29 is 14.3 Å². The van der Waals surface area contributed by atoms with Crippen molar-refractivity contribution in [3.8, 4) is 0 Å². The molecule has 1 amide bonds. The molecule has 0 aliphatic heterocycles. The number of rotatable bonds is 4. The second kappa shape index (κ2) is 6.04. The van der Waals surface area contributed by atoms with Crippen molar-refractivity contribution in [3.63, 3.8) is 0 Å². The summed E-state index contributed by atoms with van der Waals surface area (Å²) in [5.41, 5.74) is 1.56. The van der Waals surface area contributed by atoms with Gasteiger partial charge in [-0.15, -0.1) is 0 Å². The summed E-state index contributed by atoms with van der Waals surface area (Å²) in [4.78, 5) is 24.0. The number of carbonyl (C=O) groups excluding carboxylic acids is 2. The molecule has 1 aliphatic rings. The van der Waals surface area contributed by atoms with Gasteiger partial charge in [0.15, 0.2) is 5.69 Å². The van der Waals surface area contributed by atoms with E-state index >= 15 is 0 Å². The van der Waals surface area contributed by atoms with E-state index in [1.807, 2.05) is 24.3 Å². The third-order valence-corrected chi connectivity index (χ3v) is 4.14. The van der Waals surface area contributed by atoms with Crippen molar-refractivity contribution in [2.75, 3.05) is 12.4 Å². The van der Waals surface area contributed by atoms with Gasteiger partial charge in [0.2, 0.25) is 5.91 Å². The Bertz CT molecular complexity index is 754. The van der Waals surface area contributed by atoms with Crippen LogP contribution in [0.3, 0.4) is 0 Å². The number of amides is 1. The quantitative estimate of drug-likeness (QED) is 0.873. The second-order valence-corrected chi connectivity index (χ2v) is 5.98. The monoisotopic (exact) mass is 333 g/mol. The number of benzene rings is 1. The van der Waals surface area contributed by atoms with Gasteiger partial charge < -0.3 is 10.1 Å². The zero-order valence-corrected chi connectivity index (χ0v) is 13.5. The van der Waals surface area contributed by atoms with Crippen molar-refractivity contribution in [1.29, 1.82) is 0 Å². The summed E-state index contributed by atoms with van der Waals surface area (Å²) < 4.78 is 6.13. The summed E-state index contributed by atoms with van der Waals surface area (Å²) in [6, 6.07) is 7.51. The molecule has 6 nitrogen and oxygen atoms in total. The minimum Gasteiger partial charge on any atom is -0.464 e. The van der Waals surface area contributed by atoms with Gasteiger partial charge in [-0.3, -0.25) is 9.48 Å². The summed E-state index contributed by atoms with van der Waals surface area (Å²) in [5, 5.41) is 7.46. The molecule has 1 saturated carbocycles. The molecular weight excluding hydrogens is 318 g/mol. The summed E-state index contributed by atoms with van der Waals surface area (Å²) in [6.45, 7) is 0. The number of nitrogens with zero attached hydrogens (tertiary/aromatic N) is 2. The Labute approximate surface area is 138 Å². The van der Waals surface area contributed by atoms with Crippen LogP contribution < -0.4 is 5.32 Å². The van der Waals surface area contributed by atoms with Crippen molar-refractivity contribution in [1.82, 2.24) is 9.78 Å². The molecule has 2 atom stereocenters. The molecular formula is C16H16ClN3O3. The maximum absolute atomic E-state index is 12.4. The van der Waals surface area contributed by atoms with Crippen LogP contribution >= 0.6 is 11.6 Å². The lowest BCUT2D eigenvalue weighted by Gasteiger charge is -2.04. The second-order valence-electron chi connectivity index (χ2n) is 5.55. The van der Waals surface area contributed by atoms with Crippen molar-refractivity contribution in [2.45, 2.75) is 12.3 Å². The van der Waals surface area contributed by atoms with E-state index in [9.17, 15) is 9.59 Å². The van der Waals surface area contributed by atoms with Gasteiger partial charge in [0.05, 0.1) is 12.8 Å². The van der Waals surface area contributed by atoms with Gasteiger partial charge in [-0.1, -0.05) is 23.7 Å². The first-order valence-corrected chi connectivity index (χ1v) is 7.55. The van der Waals surface area contributed by atoms with Crippen LogP contribution in [0.1, 0.15) is 28.4 Å². The molecule has 7 heteroatoms. The molecule has 0 spiro atoms. The van der Waals surface area contributed by atoms with Crippen LogP contribution in [0.5, 0.6) is 0 Å². The van der Waals surface area contributed by atoms with Gasteiger partial charge >= 0.3 is 5.97 Å². The van der Waals surface area contributed by atoms with Crippen LogP contribution in [0.25, 0.3) is 0 Å². The molecule has 120 valence electrons. The Morgan fingerprint density at radius 1 is 1.35 bits per heavy atom. The number of hydrogen-bond donors (Lipinski definition) is 1. The fraction of sp³-hybridized carbons (Fsp3) is 0.312. The number of nitrogens with one attached hydrogen (secondary N) is 1. The minimum atomic E-state index is -0.578. The van der Waals surface area contributed by atoms with E-state index in [0.29, 0.717) is 10.7 Å². The number of hydrogen-bond acceptors (Lipinski definition) is 4. The lowest BCUT2D eigenvalue weighted by Crippen LogP contribution is -2.16. The molecule has 1 heterocycles. The van der Waals surface area contributed by atoms with Crippen molar-refractivity contribution >= 4 is 29.2 Å². The number of anilines is 1. The Morgan fingerprint density at radius 2 is 2.04 bits per heavy atom. The molecule has 1 aliphatic carbocycles. The Morgan fingerprint density at radius 3 is 2.70 bits per heavy atom. The number of halogens is 1. The summed E-state index contributed by atoms with van der Waals surface area (Å²) >= 11 is 5.87. The topological polar surface area (TPSA) is 73.2 Å². The van der Waals surface area contributed by atoms with Crippen LogP contribution in [0.2, 0.25) is 5.02 Å². The molecule has 1 N–H and O–H groups in total. The molecule has 1 fully saturated rings. The van der Waals surface area contributed by atoms with Crippen LogP contribution in [0.4, 0.5) is 5.69 Å². The first kappa shape index (κ1) is 15.6. The highest BCUT2D eigenvalue weighted by Crippen LogP contribution is 2.48. The summed E-state index contributed by atoms with van der Waals surface area (Å²) in [7, 11) is 2.95. The molecule has 1 aromatic carbocycles. The maximum Gasteiger partial charge on any atom is 0.360 e. The minimum absolute atomic E-state index is 0.104. The van der Waals surface area contributed by atoms with Gasteiger partial charge in [-0.2, -0.15) is 5.10 Å². The number of aryl methyl sites for hydroxylation is 1. The highest BCUT2D eigenvalue weighted by atomic mass is 35.5. The lowest BCUT2D eigenvalue weighted by molar-refractivity contribution is -0.117. The third-order valence-electron chi connectivity index (χ3n) is 3.89. The maximum atomic E-state index is 12.4. The average Bonchev–Trinajstić information content (AvgIpc) is 3.25. The number of esters is 1. The molecule has 0 bridgehead atoms. The first-order valence-electron chi connectivity index (χ1n) is 7.18. The lowest BCUT2D eigenvalue weighted by atomic mass is 10.1. The van der Waals surface area contributed by atoms with E-state index in [0.717, 1.165) is 12.0 Å². The van der Waals surface area contributed by atoms with E-state index < -0.39 is 5.97 Å². The molecule has 1 aromatic heterocycles. The van der Waals surface area contributed by atoms with Crippen LogP contribution in [-0.2, 0) is 16.6 Å². The summed E-state index contributed by atoms with van der Waals surface area (Å²) in [5.74, 6) is -0.624. The predicted octanol–water partition coefficient (Wildman–Crippen LogP) is 2.60. The van der Waals surface area contributed by atoms with Gasteiger partial charge in [0.1, 0.15) is 0 Å². The zero-order chi connectivity index (χ0) is 16.6. The Kier molecular flexibility index (Phi) is 4.09. The highest BCUT2D eigenvalue weighted by molar-refractivity contribution is 6.30. The predicted molar refractivity (Wildman–Crippen MR) is 85.5 cm³/mol. The SMILES string of the molecule is COC(=O)c1nn(C)cc1NC(=O)C1CC1c1ccc(Cl)cc1. The molecule has 2 aromatic rings. The van der Waals surface area contributed by atoms with Gasteiger partial charge in [0, 0.05) is 24.2 Å².